The predicted molar refractivity (Wildman–Crippen MR) is 56.5 cm³/mol. The van der Waals surface area contributed by atoms with Crippen LogP contribution in [0, 0.1) is 0 Å². The van der Waals surface area contributed by atoms with Crippen LogP contribution in [0.3, 0.4) is 0 Å². The van der Waals surface area contributed by atoms with Crippen LogP contribution in [0.15, 0.2) is 0 Å². The van der Waals surface area contributed by atoms with Crippen molar-refractivity contribution < 1.29 is 19.0 Å². The van der Waals surface area contributed by atoms with E-state index in [2.05, 4.69) is 10.1 Å². The van der Waals surface area contributed by atoms with Gasteiger partial charge in [-0.1, -0.05) is 0 Å². The summed E-state index contributed by atoms with van der Waals surface area (Å²) < 4.78 is 15.2. The molecule has 15 heavy (non-hydrogen) atoms. The van der Waals surface area contributed by atoms with Crippen molar-refractivity contribution in [1.82, 2.24) is 5.32 Å². The zero-order valence-electron chi connectivity index (χ0n) is 9.91. The maximum Gasteiger partial charge on any atom is 0.322 e. The lowest BCUT2D eigenvalue weighted by Gasteiger charge is -2.19. The maximum absolute atomic E-state index is 11.1. The molecule has 0 spiro atoms. The SMILES string of the molecule is CCOC(CNC(C)C(=O)OC)OCC. The number of ether oxygens (including phenoxy) is 3. The van der Waals surface area contributed by atoms with Gasteiger partial charge in [0.05, 0.1) is 7.11 Å². The number of methoxy groups -OCH3 is 1. The fourth-order valence-corrected chi connectivity index (χ4v) is 1.07. The van der Waals surface area contributed by atoms with Crippen LogP contribution in [0.2, 0.25) is 0 Å². The van der Waals surface area contributed by atoms with Gasteiger partial charge in [-0.3, -0.25) is 10.1 Å². The molecule has 0 saturated heterocycles. The van der Waals surface area contributed by atoms with Crippen LogP contribution >= 0.6 is 0 Å². The van der Waals surface area contributed by atoms with Crippen molar-refractivity contribution in [2.45, 2.75) is 33.1 Å². The van der Waals surface area contributed by atoms with Gasteiger partial charge >= 0.3 is 5.97 Å². The Bertz CT molecular complexity index is 169. The molecule has 5 nitrogen and oxygen atoms in total. The second kappa shape index (κ2) is 8.64. The maximum atomic E-state index is 11.1. The van der Waals surface area contributed by atoms with Crippen molar-refractivity contribution in [3.8, 4) is 0 Å². The number of hydrogen-bond donors (Lipinski definition) is 1. The van der Waals surface area contributed by atoms with Crippen molar-refractivity contribution in [1.29, 1.82) is 0 Å². The first-order valence-corrected chi connectivity index (χ1v) is 5.20. The number of carbonyl (C=O) groups is 1. The minimum atomic E-state index is -0.349. The largest absolute Gasteiger partial charge is 0.468 e. The number of carbonyl (C=O) groups excluding carboxylic acids is 1. The Hall–Kier alpha value is -0.650. The molecule has 0 aromatic heterocycles. The normalized spacial score (nSPS) is 12.9. The Morgan fingerprint density at radius 3 is 2.20 bits per heavy atom. The number of esters is 1. The Morgan fingerprint density at radius 1 is 1.27 bits per heavy atom. The highest BCUT2D eigenvalue weighted by molar-refractivity contribution is 5.75. The van der Waals surface area contributed by atoms with E-state index in [1.165, 1.54) is 7.11 Å². The van der Waals surface area contributed by atoms with Crippen LogP contribution in [-0.4, -0.2) is 45.2 Å². The molecule has 0 amide bonds. The Kier molecular flexibility index (Phi) is 8.27. The predicted octanol–water partition coefficient (Wildman–Crippen LogP) is 0.537. The molecule has 0 rings (SSSR count). The second-order valence-electron chi connectivity index (χ2n) is 2.99. The van der Waals surface area contributed by atoms with Gasteiger partial charge in [0.15, 0.2) is 6.29 Å². The third-order valence-electron chi connectivity index (χ3n) is 1.85. The van der Waals surface area contributed by atoms with E-state index < -0.39 is 0 Å². The number of hydrogen-bond acceptors (Lipinski definition) is 5. The van der Waals surface area contributed by atoms with E-state index in [1.54, 1.807) is 6.92 Å². The van der Waals surface area contributed by atoms with Gasteiger partial charge in [-0.25, -0.2) is 0 Å². The molecule has 0 aliphatic rings. The van der Waals surface area contributed by atoms with Crippen molar-refractivity contribution in [3.63, 3.8) is 0 Å². The topological polar surface area (TPSA) is 56.8 Å². The molecule has 0 bridgehead atoms. The second-order valence-corrected chi connectivity index (χ2v) is 2.99. The number of rotatable bonds is 8. The summed E-state index contributed by atoms with van der Waals surface area (Å²) >= 11 is 0. The van der Waals surface area contributed by atoms with Gasteiger partial charge in [0, 0.05) is 19.8 Å². The molecule has 1 unspecified atom stereocenters. The standard InChI is InChI=1S/C10H21NO4/c1-5-14-9(15-6-2)7-11-8(3)10(12)13-4/h8-9,11H,5-7H2,1-4H3. The van der Waals surface area contributed by atoms with Crippen molar-refractivity contribution >= 4 is 5.97 Å². The highest BCUT2D eigenvalue weighted by atomic mass is 16.7. The lowest BCUT2D eigenvalue weighted by atomic mass is 10.3. The summed E-state index contributed by atoms with van der Waals surface area (Å²) in [5.74, 6) is -0.290. The summed E-state index contributed by atoms with van der Waals surface area (Å²) in [5, 5.41) is 2.98. The molecule has 90 valence electrons. The molecular weight excluding hydrogens is 198 g/mol. The molecule has 0 heterocycles. The summed E-state index contributed by atoms with van der Waals surface area (Å²) in [5.41, 5.74) is 0. The number of nitrogens with one attached hydrogen (secondary N) is 1. The molecular formula is C10H21NO4. The van der Waals surface area contributed by atoms with E-state index in [9.17, 15) is 4.79 Å². The quantitative estimate of drug-likeness (QED) is 0.477. The van der Waals surface area contributed by atoms with Crippen molar-refractivity contribution in [2.24, 2.45) is 0 Å². The van der Waals surface area contributed by atoms with Crippen LogP contribution in [0.1, 0.15) is 20.8 Å². The molecule has 0 aliphatic carbocycles. The summed E-state index contributed by atoms with van der Waals surface area (Å²) in [6.07, 6.45) is -0.313. The molecule has 0 fully saturated rings. The van der Waals surface area contributed by atoms with Gasteiger partial charge in [-0.05, 0) is 20.8 Å². The summed E-state index contributed by atoms with van der Waals surface area (Å²) in [7, 11) is 1.36. The fourth-order valence-electron chi connectivity index (χ4n) is 1.07. The van der Waals surface area contributed by atoms with E-state index >= 15 is 0 Å². The van der Waals surface area contributed by atoms with Gasteiger partial charge in [-0.2, -0.15) is 0 Å². The first kappa shape index (κ1) is 14.3. The van der Waals surface area contributed by atoms with Gasteiger partial charge in [0.2, 0.25) is 0 Å². The average molecular weight is 219 g/mol. The Balaban J connectivity index is 3.81. The minimum Gasteiger partial charge on any atom is -0.468 e. The minimum absolute atomic E-state index is 0.290. The Morgan fingerprint density at radius 2 is 1.80 bits per heavy atom. The van der Waals surface area contributed by atoms with E-state index in [-0.39, 0.29) is 18.3 Å². The molecule has 0 saturated carbocycles. The molecule has 0 radical (unpaired) electrons. The molecule has 1 N–H and O–H groups in total. The summed E-state index contributed by atoms with van der Waals surface area (Å²) in [6, 6.07) is -0.349. The van der Waals surface area contributed by atoms with E-state index in [0.717, 1.165) is 0 Å². The van der Waals surface area contributed by atoms with Crippen LogP contribution < -0.4 is 5.32 Å². The lowest BCUT2D eigenvalue weighted by molar-refractivity contribution is -0.146. The molecule has 0 aliphatic heterocycles. The zero-order chi connectivity index (χ0) is 11.7. The van der Waals surface area contributed by atoms with E-state index in [1.807, 2.05) is 13.8 Å². The summed E-state index contributed by atoms with van der Waals surface area (Å²) in [6.45, 7) is 7.17. The zero-order valence-corrected chi connectivity index (χ0v) is 9.91. The molecule has 0 aromatic carbocycles. The monoisotopic (exact) mass is 219 g/mol. The van der Waals surface area contributed by atoms with Crippen LogP contribution in [0.5, 0.6) is 0 Å². The molecule has 1 atom stereocenters. The highest BCUT2D eigenvalue weighted by Crippen LogP contribution is 1.95. The Labute approximate surface area is 91.1 Å². The smallest absolute Gasteiger partial charge is 0.322 e. The van der Waals surface area contributed by atoms with Gasteiger partial charge in [0.25, 0.3) is 0 Å². The molecule has 5 heteroatoms. The lowest BCUT2D eigenvalue weighted by Crippen LogP contribution is -2.41. The third-order valence-corrected chi connectivity index (χ3v) is 1.85. The third kappa shape index (κ3) is 6.43. The van der Waals surface area contributed by atoms with Crippen LogP contribution in [0.25, 0.3) is 0 Å². The van der Waals surface area contributed by atoms with Gasteiger partial charge in [-0.15, -0.1) is 0 Å². The fraction of sp³-hybridized carbons (Fsp3) is 0.900. The van der Waals surface area contributed by atoms with E-state index in [4.69, 9.17) is 9.47 Å². The van der Waals surface area contributed by atoms with Crippen molar-refractivity contribution in [2.75, 3.05) is 26.9 Å². The highest BCUT2D eigenvalue weighted by Gasteiger charge is 2.15. The van der Waals surface area contributed by atoms with Crippen molar-refractivity contribution in [3.05, 3.63) is 0 Å². The summed E-state index contributed by atoms with van der Waals surface area (Å²) in [4.78, 5) is 11.1. The van der Waals surface area contributed by atoms with Gasteiger partial charge in [0.1, 0.15) is 6.04 Å². The van der Waals surface area contributed by atoms with Crippen LogP contribution in [-0.2, 0) is 19.0 Å². The first-order valence-electron chi connectivity index (χ1n) is 5.20. The van der Waals surface area contributed by atoms with E-state index in [0.29, 0.717) is 19.8 Å². The van der Waals surface area contributed by atoms with Gasteiger partial charge < -0.3 is 14.2 Å². The average Bonchev–Trinajstić information content (AvgIpc) is 2.25. The van der Waals surface area contributed by atoms with Crippen LogP contribution in [0.4, 0.5) is 0 Å². The first-order chi connectivity index (χ1) is 7.15. The molecule has 0 aromatic rings.